The average Bonchev–Trinajstić information content (AvgIpc) is 2.59. The summed E-state index contributed by atoms with van der Waals surface area (Å²) < 4.78 is 32.7. The van der Waals surface area contributed by atoms with E-state index in [9.17, 15) is 0 Å². The van der Waals surface area contributed by atoms with Crippen molar-refractivity contribution in [3.05, 3.63) is 0 Å². The Morgan fingerprint density at radius 1 is 0.346 bits per heavy atom. The van der Waals surface area contributed by atoms with Gasteiger partial charge in [0.15, 0.2) is 0 Å². The molecule has 6 nitrogen and oxygen atoms in total. The molecule has 26 heavy (non-hydrogen) atoms. The Labute approximate surface area is 160 Å². The second-order valence-electron chi connectivity index (χ2n) is 7.04. The van der Waals surface area contributed by atoms with E-state index in [4.69, 9.17) is 28.4 Å². The molecule has 0 aliphatic carbocycles. The number of ether oxygens (including phenoxy) is 6. The highest BCUT2D eigenvalue weighted by Crippen LogP contribution is 1.99. The molecule has 0 atom stereocenters. The van der Waals surface area contributed by atoms with Crippen LogP contribution in [0.3, 0.4) is 0 Å². The molecule has 0 amide bonds. The zero-order chi connectivity index (χ0) is 19.3. The molecule has 0 radical (unpaired) electrons. The first-order chi connectivity index (χ1) is 12.6. The van der Waals surface area contributed by atoms with Crippen LogP contribution < -0.4 is 0 Å². The standard InChI is InChI=1S/C20H42O6/c1-19(2)5-7-21-9-11-23-13-15-25-17-18-26-16-14-24-12-10-22-8-6-20(3)4/h19-20H,5-18H2,1-4H3. The normalized spacial score (nSPS) is 11.8. The van der Waals surface area contributed by atoms with Gasteiger partial charge in [0.25, 0.3) is 0 Å². The highest BCUT2D eigenvalue weighted by atomic mass is 16.6. The Morgan fingerprint density at radius 2 is 0.538 bits per heavy atom. The van der Waals surface area contributed by atoms with Crippen molar-refractivity contribution >= 4 is 0 Å². The third-order valence-corrected chi connectivity index (χ3v) is 3.54. The molecule has 0 aromatic carbocycles. The molecule has 0 heterocycles. The molecule has 0 rings (SSSR count). The smallest absolute Gasteiger partial charge is 0.0701 e. The van der Waals surface area contributed by atoms with Gasteiger partial charge in [-0.05, 0) is 24.7 Å². The second kappa shape index (κ2) is 21.1. The zero-order valence-corrected chi connectivity index (χ0v) is 17.5. The third kappa shape index (κ3) is 23.8. The van der Waals surface area contributed by atoms with Crippen molar-refractivity contribution in [2.75, 3.05) is 79.3 Å². The minimum Gasteiger partial charge on any atom is -0.379 e. The van der Waals surface area contributed by atoms with Gasteiger partial charge in [-0.15, -0.1) is 0 Å². The van der Waals surface area contributed by atoms with Gasteiger partial charge in [0.1, 0.15) is 0 Å². The predicted octanol–water partition coefficient (Wildman–Crippen LogP) is 3.18. The van der Waals surface area contributed by atoms with Crippen molar-refractivity contribution in [1.29, 1.82) is 0 Å². The summed E-state index contributed by atoms with van der Waals surface area (Å²) in [5.74, 6) is 1.37. The maximum Gasteiger partial charge on any atom is 0.0701 e. The maximum absolute atomic E-state index is 5.47. The molecule has 0 spiro atoms. The van der Waals surface area contributed by atoms with E-state index in [0.717, 1.165) is 26.1 Å². The van der Waals surface area contributed by atoms with Gasteiger partial charge in [-0.3, -0.25) is 0 Å². The van der Waals surface area contributed by atoms with Crippen LogP contribution in [0.2, 0.25) is 0 Å². The molecule has 0 saturated carbocycles. The van der Waals surface area contributed by atoms with E-state index in [2.05, 4.69) is 27.7 Å². The van der Waals surface area contributed by atoms with Crippen molar-refractivity contribution in [2.45, 2.75) is 40.5 Å². The van der Waals surface area contributed by atoms with Crippen LogP contribution in [0.5, 0.6) is 0 Å². The van der Waals surface area contributed by atoms with Gasteiger partial charge >= 0.3 is 0 Å². The highest BCUT2D eigenvalue weighted by Gasteiger charge is 1.96. The van der Waals surface area contributed by atoms with Crippen molar-refractivity contribution in [1.82, 2.24) is 0 Å². The highest BCUT2D eigenvalue weighted by molar-refractivity contribution is 4.43. The van der Waals surface area contributed by atoms with E-state index in [1.54, 1.807) is 0 Å². The summed E-state index contributed by atoms with van der Waals surface area (Å²) in [4.78, 5) is 0. The predicted molar refractivity (Wildman–Crippen MR) is 104 cm³/mol. The topological polar surface area (TPSA) is 55.4 Å². The molecular weight excluding hydrogens is 336 g/mol. The molecule has 0 bridgehead atoms. The van der Waals surface area contributed by atoms with Gasteiger partial charge in [-0.1, -0.05) is 27.7 Å². The van der Waals surface area contributed by atoms with Crippen LogP contribution >= 0.6 is 0 Å². The van der Waals surface area contributed by atoms with E-state index >= 15 is 0 Å². The van der Waals surface area contributed by atoms with Gasteiger partial charge in [0, 0.05) is 13.2 Å². The molecule has 158 valence electrons. The van der Waals surface area contributed by atoms with E-state index < -0.39 is 0 Å². The first kappa shape index (κ1) is 25.8. The first-order valence-electron chi connectivity index (χ1n) is 10.1. The average molecular weight is 379 g/mol. The molecule has 0 unspecified atom stereocenters. The van der Waals surface area contributed by atoms with E-state index in [0.29, 0.717) is 77.9 Å². The fourth-order valence-corrected chi connectivity index (χ4v) is 1.84. The molecule has 0 aliphatic heterocycles. The third-order valence-electron chi connectivity index (χ3n) is 3.54. The second-order valence-corrected chi connectivity index (χ2v) is 7.04. The van der Waals surface area contributed by atoms with Gasteiger partial charge in [-0.2, -0.15) is 0 Å². The Kier molecular flexibility index (Phi) is 20.9. The van der Waals surface area contributed by atoms with Crippen LogP contribution in [0.25, 0.3) is 0 Å². The zero-order valence-electron chi connectivity index (χ0n) is 17.5. The summed E-state index contributed by atoms with van der Waals surface area (Å²) in [7, 11) is 0. The van der Waals surface area contributed by atoms with Crippen LogP contribution in [0.15, 0.2) is 0 Å². The summed E-state index contributed by atoms with van der Waals surface area (Å²) in [6.45, 7) is 16.4. The number of hydrogen-bond donors (Lipinski definition) is 0. The minimum atomic E-state index is 0.576. The summed E-state index contributed by atoms with van der Waals surface area (Å²) in [6.07, 6.45) is 2.19. The Bertz CT molecular complexity index is 235. The quantitative estimate of drug-likeness (QED) is 0.286. The molecule has 6 heteroatoms. The minimum absolute atomic E-state index is 0.576. The Hall–Kier alpha value is -0.240. The fourth-order valence-electron chi connectivity index (χ4n) is 1.84. The van der Waals surface area contributed by atoms with E-state index in [1.165, 1.54) is 0 Å². The number of hydrogen-bond acceptors (Lipinski definition) is 6. The lowest BCUT2D eigenvalue weighted by molar-refractivity contribution is -0.0174. The summed E-state index contributed by atoms with van der Waals surface area (Å²) >= 11 is 0. The lowest BCUT2D eigenvalue weighted by Crippen LogP contribution is -2.14. The molecule has 0 aromatic heterocycles. The molecule has 0 saturated heterocycles. The lowest BCUT2D eigenvalue weighted by Gasteiger charge is -2.09. The van der Waals surface area contributed by atoms with Gasteiger partial charge in [-0.25, -0.2) is 0 Å². The lowest BCUT2D eigenvalue weighted by atomic mass is 10.1. The van der Waals surface area contributed by atoms with Gasteiger partial charge in [0.05, 0.1) is 66.1 Å². The Balaban J connectivity index is 2.99. The van der Waals surface area contributed by atoms with Gasteiger partial charge < -0.3 is 28.4 Å². The van der Waals surface area contributed by atoms with Crippen molar-refractivity contribution in [3.8, 4) is 0 Å². The maximum atomic E-state index is 5.47. The van der Waals surface area contributed by atoms with Crippen molar-refractivity contribution in [3.63, 3.8) is 0 Å². The Morgan fingerprint density at radius 3 is 0.731 bits per heavy atom. The molecule has 0 aromatic rings. The monoisotopic (exact) mass is 378 g/mol. The summed E-state index contributed by atoms with van der Waals surface area (Å²) in [5.41, 5.74) is 0. The van der Waals surface area contributed by atoms with Crippen molar-refractivity contribution in [2.24, 2.45) is 11.8 Å². The van der Waals surface area contributed by atoms with Gasteiger partial charge in [0.2, 0.25) is 0 Å². The number of rotatable bonds is 21. The van der Waals surface area contributed by atoms with Crippen LogP contribution in [0.1, 0.15) is 40.5 Å². The SMILES string of the molecule is CC(C)CCOCCOCCOCCOCCOCCOCCC(C)C. The van der Waals surface area contributed by atoms with Crippen LogP contribution in [-0.2, 0) is 28.4 Å². The molecule has 0 aliphatic rings. The molecule has 0 fully saturated rings. The van der Waals surface area contributed by atoms with Crippen LogP contribution in [-0.4, -0.2) is 79.3 Å². The van der Waals surface area contributed by atoms with E-state index in [1.807, 2.05) is 0 Å². The summed E-state index contributed by atoms with van der Waals surface area (Å²) in [5, 5.41) is 0. The largest absolute Gasteiger partial charge is 0.379 e. The summed E-state index contributed by atoms with van der Waals surface area (Å²) in [6, 6.07) is 0. The van der Waals surface area contributed by atoms with E-state index in [-0.39, 0.29) is 0 Å². The van der Waals surface area contributed by atoms with Crippen molar-refractivity contribution < 1.29 is 28.4 Å². The fraction of sp³-hybridized carbons (Fsp3) is 1.00. The molecule has 0 N–H and O–H groups in total. The first-order valence-corrected chi connectivity index (χ1v) is 10.1. The van der Waals surface area contributed by atoms with Crippen LogP contribution in [0, 0.1) is 11.8 Å². The van der Waals surface area contributed by atoms with Crippen LogP contribution in [0.4, 0.5) is 0 Å². The molecular formula is C20H42O6.